The minimum atomic E-state index is -0.405. The molecule has 0 unspecified atom stereocenters. The predicted molar refractivity (Wildman–Crippen MR) is 58.2 cm³/mol. The molecular weight excluding hydrogens is 228 g/mol. The average molecular weight is 238 g/mol. The fourth-order valence-electron chi connectivity index (χ4n) is 0.826. The van der Waals surface area contributed by atoms with Crippen molar-refractivity contribution in [2.75, 3.05) is 0 Å². The lowest BCUT2D eigenvalue weighted by atomic mass is 10.2. The van der Waals surface area contributed by atoms with Crippen LogP contribution < -0.4 is 11.5 Å². The minimum Gasteiger partial charge on any atom is -0.370 e. The molecule has 0 aromatic heterocycles. The maximum absolute atomic E-state index is 13.1. The second kappa shape index (κ2) is 5.67. The van der Waals surface area contributed by atoms with Crippen molar-refractivity contribution in [3.05, 3.63) is 34.6 Å². The Morgan fingerprint density at radius 3 is 2.57 bits per heavy atom. The summed E-state index contributed by atoms with van der Waals surface area (Å²) in [7, 11) is 0. The van der Waals surface area contributed by atoms with Gasteiger partial charge in [-0.3, -0.25) is 0 Å². The molecule has 0 bridgehead atoms. The standard InChI is InChI=1S/C8H9ClFN3.ClH/c9-6-2-1-5(7(10)3-6)4-13-8(11)12;/h1-3H,4H2,(H4,11,12,13);1H. The molecule has 0 aliphatic heterocycles. The van der Waals surface area contributed by atoms with Crippen molar-refractivity contribution in [1.82, 2.24) is 0 Å². The van der Waals surface area contributed by atoms with E-state index in [-0.39, 0.29) is 24.9 Å². The molecule has 0 amide bonds. The molecule has 1 aromatic rings. The third-order valence-electron chi connectivity index (χ3n) is 1.45. The van der Waals surface area contributed by atoms with Crippen LogP contribution in [-0.4, -0.2) is 5.96 Å². The Hall–Kier alpha value is -1.00. The molecule has 6 heteroatoms. The molecule has 0 saturated carbocycles. The van der Waals surface area contributed by atoms with E-state index in [2.05, 4.69) is 4.99 Å². The molecule has 1 aromatic carbocycles. The maximum Gasteiger partial charge on any atom is 0.186 e. The molecule has 78 valence electrons. The third-order valence-corrected chi connectivity index (χ3v) is 1.68. The number of aliphatic imine (C=N–C) groups is 1. The molecule has 0 aliphatic rings. The smallest absolute Gasteiger partial charge is 0.186 e. The monoisotopic (exact) mass is 237 g/mol. The average Bonchev–Trinajstić information content (AvgIpc) is 2.02. The molecule has 14 heavy (non-hydrogen) atoms. The Morgan fingerprint density at radius 2 is 2.07 bits per heavy atom. The lowest BCUT2D eigenvalue weighted by Crippen LogP contribution is -2.22. The van der Waals surface area contributed by atoms with Crippen LogP contribution in [0.15, 0.2) is 23.2 Å². The van der Waals surface area contributed by atoms with Gasteiger partial charge in [-0.15, -0.1) is 12.4 Å². The minimum absolute atomic E-state index is 0. The summed E-state index contributed by atoms with van der Waals surface area (Å²) in [6.07, 6.45) is 0. The molecule has 0 radical (unpaired) electrons. The van der Waals surface area contributed by atoms with Crippen molar-refractivity contribution < 1.29 is 4.39 Å². The number of rotatable bonds is 2. The summed E-state index contributed by atoms with van der Waals surface area (Å²) in [5, 5.41) is 0.353. The molecule has 0 fully saturated rings. The summed E-state index contributed by atoms with van der Waals surface area (Å²) in [5.74, 6) is -0.466. The Kier molecular flexibility index (Phi) is 5.27. The number of guanidine groups is 1. The highest BCUT2D eigenvalue weighted by Gasteiger charge is 2.01. The first-order valence-corrected chi connectivity index (χ1v) is 3.96. The Morgan fingerprint density at radius 1 is 1.43 bits per heavy atom. The van der Waals surface area contributed by atoms with Crippen molar-refractivity contribution in [3.63, 3.8) is 0 Å². The van der Waals surface area contributed by atoms with Crippen molar-refractivity contribution in [2.45, 2.75) is 6.54 Å². The summed E-state index contributed by atoms with van der Waals surface area (Å²) >= 11 is 5.55. The van der Waals surface area contributed by atoms with Crippen LogP contribution in [0.3, 0.4) is 0 Å². The normalized spacial score (nSPS) is 9.00. The highest BCUT2D eigenvalue weighted by atomic mass is 35.5. The highest BCUT2D eigenvalue weighted by molar-refractivity contribution is 6.30. The first kappa shape index (κ1) is 13.0. The Labute approximate surface area is 92.4 Å². The number of hydrogen-bond donors (Lipinski definition) is 2. The first-order chi connectivity index (χ1) is 6.09. The van der Waals surface area contributed by atoms with Crippen LogP contribution in [0.5, 0.6) is 0 Å². The summed E-state index contributed by atoms with van der Waals surface area (Å²) in [6, 6.07) is 4.35. The number of nitrogens with two attached hydrogens (primary N) is 2. The topological polar surface area (TPSA) is 64.4 Å². The van der Waals surface area contributed by atoms with Crippen LogP contribution in [0, 0.1) is 5.82 Å². The summed E-state index contributed by atoms with van der Waals surface area (Å²) in [4.78, 5) is 3.67. The maximum atomic E-state index is 13.1. The predicted octanol–water partition coefficient (Wildman–Crippen LogP) is 1.67. The van der Waals surface area contributed by atoms with Crippen LogP contribution in [0.2, 0.25) is 5.02 Å². The lowest BCUT2D eigenvalue weighted by Gasteiger charge is -1.99. The van der Waals surface area contributed by atoms with E-state index < -0.39 is 5.82 Å². The zero-order valence-electron chi connectivity index (χ0n) is 7.21. The Balaban J connectivity index is 0.00000169. The van der Waals surface area contributed by atoms with Crippen LogP contribution in [-0.2, 0) is 6.54 Å². The molecule has 0 aliphatic carbocycles. The van der Waals surface area contributed by atoms with E-state index in [9.17, 15) is 4.39 Å². The van der Waals surface area contributed by atoms with E-state index in [0.717, 1.165) is 0 Å². The van der Waals surface area contributed by atoms with Gasteiger partial charge in [0.25, 0.3) is 0 Å². The van der Waals surface area contributed by atoms with Gasteiger partial charge in [-0.2, -0.15) is 0 Å². The van der Waals surface area contributed by atoms with E-state index in [1.54, 1.807) is 12.1 Å². The van der Waals surface area contributed by atoms with E-state index in [1.165, 1.54) is 6.07 Å². The van der Waals surface area contributed by atoms with E-state index in [4.69, 9.17) is 23.1 Å². The quantitative estimate of drug-likeness (QED) is 0.608. The van der Waals surface area contributed by atoms with Gasteiger partial charge >= 0.3 is 0 Å². The van der Waals surface area contributed by atoms with Gasteiger partial charge < -0.3 is 11.5 Å². The Bertz CT molecular complexity index is 337. The van der Waals surface area contributed by atoms with E-state index in [1.807, 2.05) is 0 Å². The summed E-state index contributed by atoms with van der Waals surface area (Å²) in [6.45, 7) is 0.130. The van der Waals surface area contributed by atoms with Crippen LogP contribution in [0.1, 0.15) is 5.56 Å². The van der Waals surface area contributed by atoms with Crippen molar-refractivity contribution in [2.24, 2.45) is 16.5 Å². The van der Waals surface area contributed by atoms with Gasteiger partial charge in [0.1, 0.15) is 5.82 Å². The van der Waals surface area contributed by atoms with Crippen molar-refractivity contribution >= 4 is 30.0 Å². The summed E-state index contributed by atoms with van der Waals surface area (Å²) < 4.78 is 13.1. The lowest BCUT2D eigenvalue weighted by molar-refractivity contribution is 0.611. The van der Waals surface area contributed by atoms with Crippen LogP contribution in [0.25, 0.3) is 0 Å². The van der Waals surface area contributed by atoms with Crippen molar-refractivity contribution in [3.8, 4) is 0 Å². The second-order valence-electron chi connectivity index (χ2n) is 2.48. The summed E-state index contributed by atoms with van der Waals surface area (Å²) in [5.41, 5.74) is 10.6. The van der Waals surface area contributed by atoms with Gasteiger partial charge in [0.05, 0.1) is 6.54 Å². The highest BCUT2D eigenvalue weighted by Crippen LogP contribution is 2.14. The fraction of sp³-hybridized carbons (Fsp3) is 0.125. The number of halogens is 3. The number of hydrogen-bond acceptors (Lipinski definition) is 1. The second-order valence-corrected chi connectivity index (χ2v) is 2.91. The van der Waals surface area contributed by atoms with Gasteiger partial charge in [-0.05, 0) is 12.1 Å². The molecule has 3 nitrogen and oxygen atoms in total. The number of nitrogens with zero attached hydrogens (tertiary/aromatic N) is 1. The van der Waals surface area contributed by atoms with Gasteiger partial charge in [0, 0.05) is 10.6 Å². The fourth-order valence-corrected chi connectivity index (χ4v) is 0.985. The molecule has 4 N–H and O–H groups in total. The van der Waals surface area contributed by atoms with Gasteiger partial charge in [0.15, 0.2) is 5.96 Å². The van der Waals surface area contributed by atoms with E-state index in [0.29, 0.717) is 10.6 Å². The SMILES string of the molecule is Cl.NC(N)=NCc1ccc(Cl)cc1F. The molecule has 0 spiro atoms. The molecule has 0 heterocycles. The van der Waals surface area contributed by atoms with E-state index >= 15 is 0 Å². The molecule has 1 rings (SSSR count). The van der Waals surface area contributed by atoms with Gasteiger partial charge in [-0.1, -0.05) is 17.7 Å². The van der Waals surface area contributed by atoms with Gasteiger partial charge in [0.2, 0.25) is 0 Å². The zero-order valence-corrected chi connectivity index (χ0v) is 8.78. The largest absolute Gasteiger partial charge is 0.370 e. The third kappa shape index (κ3) is 3.81. The number of benzene rings is 1. The van der Waals surface area contributed by atoms with Crippen LogP contribution in [0.4, 0.5) is 4.39 Å². The van der Waals surface area contributed by atoms with Crippen LogP contribution >= 0.6 is 24.0 Å². The molecular formula is C8H10Cl2FN3. The van der Waals surface area contributed by atoms with Crippen molar-refractivity contribution in [1.29, 1.82) is 0 Å². The zero-order chi connectivity index (χ0) is 9.84. The molecule has 0 saturated heterocycles. The molecule has 0 atom stereocenters. The first-order valence-electron chi connectivity index (χ1n) is 3.59. The van der Waals surface area contributed by atoms with Gasteiger partial charge in [-0.25, -0.2) is 9.38 Å².